The third-order valence-electron chi connectivity index (χ3n) is 4.07. The second-order valence-corrected chi connectivity index (χ2v) is 14.8. The second-order valence-electron chi connectivity index (χ2n) is 13.5. The molecule has 0 saturated heterocycles. The number of carbonyl (C=O) groups excluding carboxylic acids is 4. The van der Waals surface area contributed by atoms with Gasteiger partial charge >= 0.3 is 53.9 Å². The fraction of sp³-hybridized carbons (Fsp3) is 0.600. The Balaban J connectivity index is -0.000000700. The molecule has 1 N–H and O–H groups in total. The number of halogens is 3. The van der Waals surface area contributed by atoms with Crippen molar-refractivity contribution in [3.8, 4) is 0 Å². The van der Waals surface area contributed by atoms with Crippen LogP contribution in [0.25, 0.3) is 0 Å². The molecule has 18 heteroatoms. The van der Waals surface area contributed by atoms with Crippen molar-refractivity contribution < 1.29 is 69.1 Å². The van der Waals surface area contributed by atoms with Crippen LogP contribution in [-0.2, 0) is 30.8 Å². The van der Waals surface area contributed by atoms with E-state index in [0.29, 0.717) is 10.8 Å². The van der Waals surface area contributed by atoms with Crippen LogP contribution >= 0.6 is 39.1 Å². The van der Waals surface area contributed by atoms with Crippen LogP contribution in [0.5, 0.6) is 0 Å². The summed E-state index contributed by atoms with van der Waals surface area (Å²) in [7, 11) is 0. The minimum Gasteiger partial charge on any atom is -1.00 e. The van der Waals surface area contributed by atoms with Crippen molar-refractivity contribution in [3.05, 3.63) is 46.5 Å². The van der Waals surface area contributed by atoms with E-state index in [4.69, 9.17) is 42.1 Å². The molecule has 14 nitrogen and oxygen atoms in total. The Morgan fingerprint density at radius 3 is 1.21 bits per heavy atom. The Bertz CT molecular complexity index is 1260. The van der Waals surface area contributed by atoms with Gasteiger partial charge in [-0.3, -0.25) is 0 Å². The molecule has 4 amide bonds. The third kappa shape index (κ3) is 25.7. The molecular weight excluding hydrogens is 746 g/mol. The van der Waals surface area contributed by atoms with E-state index in [1.165, 1.54) is 12.4 Å². The van der Waals surface area contributed by atoms with E-state index in [2.05, 4.69) is 35.9 Å². The van der Waals surface area contributed by atoms with Gasteiger partial charge in [-0.2, -0.15) is 0 Å². The topological polar surface area (TPSA) is 172 Å². The quantitative estimate of drug-likeness (QED) is 0.182. The third-order valence-corrected chi connectivity index (χ3v) is 5.11. The Hall–Kier alpha value is -2.30. The Labute approximate surface area is 324 Å². The molecule has 0 aliphatic carbocycles. The summed E-state index contributed by atoms with van der Waals surface area (Å²) in [5.74, 6) is 0. The van der Waals surface area contributed by atoms with Crippen molar-refractivity contribution in [1.29, 1.82) is 0 Å². The normalized spacial score (nSPS) is 11.1. The van der Waals surface area contributed by atoms with Crippen LogP contribution in [0.1, 0.15) is 95.6 Å². The zero-order valence-electron chi connectivity index (χ0n) is 30.9. The number of carbonyl (C=O) groups is 4. The monoisotopic (exact) mass is 790 g/mol. The molecule has 0 radical (unpaired) electrons. The summed E-state index contributed by atoms with van der Waals surface area (Å²) in [5, 5.41) is 3.11. The second kappa shape index (κ2) is 21.0. The van der Waals surface area contributed by atoms with Gasteiger partial charge in [0.05, 0.1) is 6.54 Å². The minimum atomic E-state index is -0.809. The first-order valence-electron chi connectivity index (χ1n) is 14.1. The molecule has 0 aliphatic heterocycles. The molecule has 2 aromatic rings. The van der Waals surface area contributed by atoms with Gasteiger partial charge in [-0.1, -0.05) is 15.9 Å². The standard InChI is InChI=1S/C15H22ClN3O4.C10H19NO4.C5H4BrClN2.Na.H/c1-14(2,3)22-12(20)19(13(21)23-15(4,5)6)9-10-7-17-11(16)18-8-10;1-9(2,3)14-7(12)11-8(13)15-10(4,5)6;6-1-4-2-8-5(7)9-3-4;;/h7-8H,9H2,1-6H3;1-6H3,(H,11,12,13);2-3H,1H2;;/q;;;+1;-1. The molecule has 0 spiro atoms. The molecule has 0 saturated carbocycles. The van der Waals surface area contributed by atoms with Crippen molar-refractivity contribution >= 4 is 63.5 Å². The predicted octanol–water partition coefficient (Wildman–Crippen LogP) is 5.39. The van der Waals surface area contributed by atoms with Gasteiger partial charge in [0, 0.05) is 35.7 Å². The molecule has 2 heterocycles. The summed E-state index contributed by atoms with van der Waals surface area (Å²) in [4.78, 5) is 62.9. The van der Waals surface area contributed by atoms with Crippen LogP contribution in [0.3, 0.4) is 0 Å². The Kier molecular flexibility index (Phi) is 21.0. The average Bonchev–Trinajstić information content (AvgIpc) is 2.85. The summed E-state index contributed by atoms with van der Waals surface area (Å²) >= 11 is 14.3. The summed E-state index contributed by atoms with van der Waals surface area (Å²) in [5.41, 5.74) is -1.20. The van der Waals surface area contributed by atoms with E-state index in [9.17, 15) is 19.2 Å². The van der Waals surface area contributed by atoms with E-state index >= 15 is 0 Å². The molecule has 2 rings (SSSR count). The number of amides is 4. The number of nitrogens with one attached hydrogen (secondary N) is 1. The minimum absolute atomic E-state index is 0. The van der Waals surface area contributed by atoms with Gasteiger partial charge in [-0.05, 0) is 112 Å². The first-order valence-corrected chi connectivity index (χ1v) is 16.0. The molecule has 0 aromatic carbocycles. The summed E-state index contributed by atoms with van der Waals surface area (Å²) in [6.45, 7) is 20.4. The number of ether oxygens (including phenoxy) is 4. The summed E-state index contributed by atoms with van der Waals surface area (Å²) < 4.78 is 20.2. The van der Waals surface area contributed by atoms with Gasteiger partial charge < -0.3 is 20.4 Å². The van der Waals surface area contributed by atoms with Gasteiger partial charge in [0.25, 0.3) is 0 Å². The Morgan fingerprint density at radius 1 is 0.646 bits per heavy atom. The fourth-order valence-corrected chi connectivity index (χ4v) is 3.02. The van der Waals surface area contributed by atoms with Crippen molar-refractivity contribution in [2.24, 2.45) is 0 Å². The van der Waals surface area contributed by atoms with E-state index in [-0.39, 0.29) is 42.8 Å². The van der Waals surface area contributed by atoms with Crippen LogP contribution in [-0.4, -0.2) is 71.6 Å². The maximum absolute atomic E-state index is 12.3. The van der Waals surface area contributed by atoms with Gasteiger partial charge in [-0.25, -0.2) is 49.3 Å². The zero-order valence-corrected chi connectivity index (χ0v) is 35.0. The number of imide groups is 2. The van der Waals surface area contributed by atoms with Crippen LogP contribution in [0.4, 0.5) is 19.2 Å². The van der Waals surface area contributed by atoms with Crippen LogP contribution in [0.2, 0.25) is 10.6 Å². The average molecular weight is 793 g/mol. The van der Waals surface area contributed by atoms with Crippen molar-refractivity contribution in [2.75, 3.05) is 0 Å². The van der Waals surface area contributed by atoms with E-state index in [1.807, 2.05) is 5.32 Å². The SMILES string of the molecule is CC(C)(C)OC(=O)N(Cc1cnc(Cl)nc1)C(=O)OC(C)(C)C.CC(C)(C)OC(=O)NC(=O)OC(C)(C)C.Clc1ncc(CBr)cn1.[H-].[Na+]. The number of rotatable bonds is 3. The van der Waals surface area contributed by atoms with Crippen molar-refractivity contribution in [2.45, 2.75) is 117 Å². The van der Waals surface area contributed by atoms with E-state index in [0.717, 1.165) is 15.8 Å². The molecule has 0 fully saturated rings. The summed E-state index contributed by atoms with van der Waals surface area (Å²) in [6.07, 6.45) is 3.00. The predicted molar refractivity (Wildman–Crippen MR) is 181 cm³/mol. The maximum Gasteiger partial charge on any atom is 1.00 e. The molecule has 0 aliphatic rings. The number of hydrogen-bond donors (Lipinski definition) is 1. The molecule has 0 unspecified atom stereocenters. The molecule has 0 bridgehead atoms. The molecule has 266 valence electrons. The Morgan fingerprint density at radius 2 is 0.938 bits per heavy atom. The number of alkyl carbamates (subject to hydrolysis) is 2. The van der Waals surface area contributed by atoms with Gasteiger partial charge in [0.1, 0.15) is 22.4 Å². The van der Waals surface area contributed by atoms with E-state index < -0.39 is 46.8 Å². The number of nitrogens with zero attached hydrogens (tertiary/aromatic N) is 5. The molecule has 48 heavy (non-hydrogen) atoms. The van der Waals surface area contributed by atoms with Gasteiger partial charge in [0.2, 0.25) is 10.6 Å². The molecule has 2 aromatic heterocycles. The van der Waals surface area contributed by atoms with Gasteiger partial charge in [-0.15, -0.1) is 0 Å². The van der Waals surface area contributed by atoms with Crippen LogP contribution in [0.15, 0.2) is 24.8 Å². The fourth-order valence-electron chi connectivity index (χ4n) is 2.54. The van der Waals surface area contributed by atoms with Crippen LogP contribution < -0.4 is 34.9 Å². The van der Waals surface area contributed by atoms with E-state index in [1.54, 1.807) is 95.5 Å². The van der Waals surface area contributed by atoms with Crippen molar-refractivity contribution in [1.82, 2.24) is 30.2 Å². The van der Waals surface area contributed by atoms with Crippen LogP contribution in [0, 0.1) is 0 Å². The smallest absolute Gasteiger partial charge is 1.00 e. The van der Waals surface area contributed by atoms with Gasteiger partial charge in [0.15, 0.2) is 0 Å². The number of alkyl halides is 1. The number of hydrogen-bond acceptors (Lipinski definition) is 12. The number of aromatic nitrogens is 4. The first kappa shape index (κ1) is 47.8. The maximum atomic E-state index is 12.3. The summed E-state index contributed by atoms with van der Waals surface area (Å²) in [6, 6.07) is 0. The molecule has 0 atom stereocenters. The zero-order chi connectivity index (χ0) is 36.8. The van der Waals surface area contributed by atoms with Crippen molar-refractivity contribution in [3.63, 3.8) is 0 Å². The largest absolute Gasteiger partial charge is 1.00 e. The molecular formula is C30H46BrCl2N6NaO8. The first-order chi connectivity index (χ1) is 21.2.